The van der Waals surface area contributed by atoms with Crippen LogP contribution >= 0.6 is 11.6 Å². The van der Waals surface area contributed by atoms with Crippen LogP contribution in [0.2, 0.25) is 5.02 Å². The zero-order chi connectivity index (χ0) is 18.7. The summed E-state index contributed by atoms with van der Waals surface area (Å²) in [5.41, 5.74) is 0.682. The van der Waals surface area contributed by atoms with E-state index in [1.165, 1.54) is 25.5 Å². The lowest BCUT2D eigenvalue weighted by atomic mass is 10.1. The van der Waals surface area contributed by atoms with Crippen molar-refractivity contribution in [1.82, 2.24) is 9.78 Å². The Labute approximate surface area is 148 Å². The van der Waals surface area contributed by atoms with Gasteiger partial charge in [0, 0.05) is 10.6 Å². The van der Waals surface area contributed by atoms with Crippen molar-refractivity contribution in [3.8, 4) is 0 Å². The Balaban J connectivity index is 2.05. The summed E-state index contributed by atoms with van der Waals surface area (Å²) >= 11 is 5.77. The molecule has 0 N–H and O–H groups in total. The lowest BCUT2D eigenvalue weighted by Crippen LogP contribution is -2.27. The zero-order valence-corrected chi connectivity index (χ0v) is 14.6. The molecule has 0 aliphatic heterocycles. The van der Waals surface area contributed by atoms with E-state index in [1.807, 2.05) is 0 Å². The maximum absolute atomic E-state index is 12.2. The third-order valence-corrected chi connectivity index (χ3v) is 3.86. The second-order valence-corrected chi connectivity index (χ2v) is 5.87. The van der Waals surface area contributed by atoms with Gasteiger partial charge in [0.15, 0.2) is 6.10 Å². The van der Waals surface area contributed by atoms with Crippen molar-refractivity contribution in [3.05, 3.63) is 56.4 Å². The normalized spacial score (nSPS) is 11.8. The minimum absolute atomic E-state index is 0.141. The number of benzene rings is 1. The molecule has 1 heterocycles. The van der Waals surface area contributed by atoms with Crippen LogP contribution in [0, 0.1) is 24.0 Å². The first-order valence-corrected chi connectivity index (χ1v) is 7.76. The number of esters is 1. The second kappa shape index (κ2) is 7.43. The highest BCUT2D eigenvalue weighted by Gasteiger charge is 2.25. The quantitative estimate of drug-likeness (QED) is 0.337. The van der Waals surface area contributed by atoms with Crippen molar-refractivity contribution in [3.63, 3.8) is 0 Å². The van der Waals surface area contributed by atoms with E-state index in [4.69, 9.17) is 16.3 Å². The summed E-state index contributed by atoms with van der Waals surface area (Å²) in [5, 5.41) is 15.4. The van der Waals surface area contributed by atoms with Gasteiger partial charge in [-0.15, -0.1) is 0 Å². The molecule has 0 unspecified atom stereocenters. The number of hydrogen-bond donors (Lipinski definition) is 0. The first-order valence-electron chi connectivity index (χ1n) is 7.38. The van der Waals surface area contributed by atoms with Gasteiger partial charge in [0.25, 0.3) is 0 Å². The molecule has 2 rings (SSSR count). The number of carbonyl (C=O) groups excluding carboxylic acids is 2. The smallest absolute Gasteiger partial charge is 0.328 e. The van der Waals surface area contributed by atoms with Gasteiger partial charge in [-0.05, 0) is 45.0 Å². The van der Waals surface area contributed by atoms with Crippen molar-refractivity contribution in [1.29, 1.82) is 0 Å². The summed E-state index contributed by atoms with van der Waals surface area (Å²) in [6.45, 7) is 4.12. The fourth-order valence-corrected chi connectivity index (χ4v) is 2.49. The van der Waals surface area contributed by atoms with E-state index in [9.17, 15) is 19.7 Å². The Kier molecular flexibility index (Phi) is 5.53. The lowest BCUT2D eigenvalue weighted by Gasteiger charge is -2.12. The average Bonchev–Trinajstić information content (AvgIpc) is 2.81. The van der Waals surface area contributed by atoms with E-state index in [-0.39, 0.29) is 29.4 Å². The van der Waals surface area contributed by atoms with E-state index in [1.54, 1.807) is 24.3 Å². The molecule has 25 heavy (non-hydrogen) atoms. The Morgan fingerprint density at radius 3 is 2.44 bits per heavy atom. The van der Waals surface area contributed by atoms with Crippen molar-refractivity contribution in [2.45, 2.75) is 33.4 Å². The largest absolute Gasteiger partial charge is 0.453 e. The zero-order valence-electron chi connectivity index (χ0n) is 13.9. The SMILES string of the molecule is Cc1nn(CC(=O)O[C@@H](C)C(=O)c2ccc(Cl)cc2)c(C)c1[N+](=O)[O-]. The Morgan fingerprint density at radius 1 is 1.32 bits per heavy atom. The predicted octanol–water partition coefficient (Wildman–Crippen LogP) is 2.88. The van der Waals surface area contributed by atoms with Crippen LogP contribution in [0.5, 0.6) is 0 Å². The number of nitro groups is 1. The van der Waals surface area contributed by atoms with Gasteiger partial charge >= 0.3 is 11.7 Å². The molecule has 0 saturated carbocycles. The highest BCUT2D eigenvalue weighted by molar-refractivity contribution is 6.30. The van der Waals surface area contributed by atoms with Crippen LogP contribution in [0.1, 0.15) is 28.7 Å². The fourth-order valence-electron chi connectivity index (χ4n) is 2.36. The van der Waals surface area contributed by atoms with Gasteiger partial charge in [0.05, 0.1) is 4.92 Å². The third-order valence-electron chi connectivity index (χ3n) is 3.61. The van der Waals surface area contributed by atoms with E-state index in [0.29, 0.717) is 10.6 Å². The number of carbonyl (C=O) groups is 2. The van der Waals surface area contributed by atoms with Crippen molar-refractivity contribution in [2.24, 2.45) is 0 Å². The molecule has 0 aliphatic carbocycles. The van der Waals surface area contributed by atoms with Crippen LogP contribution in [0.25, 0.3) is 0 Å². The van der Waals surface area contributed by atoms with Gasteiger partial charge in [-0.1, -0.05) is 11.6 Å². The number of rotatable bonds is 6. The molecule has 1 aromatic carbocycles. The van der Waals surface area contributed by atoms with Gasteiger partial charge in [-0.2, -0.15) is 5.10 Å². The molecule has 132 valence electrons. The van der Waals surface area contributed by atoms with Crippen LogP contribution in [0.15, 0.2) is 24.3 Å². The molecule has 1 atom stereocenters. The summed E-state index contributed by atoms with van der Waals surface area (Å²) in [4.78, 5) is 34.7. The van der Waals surface area contributed by atoms with Crippen molar-refractivity contribution >= 4 is 29.0 Å². The van der Waals surface area contributed by atoms with E-state index < -0.39 is 17.0 Å². The first-order chi connectivity index (χ1) is 11.7. The Morgan fingerprint density at radius 2 is 1.92 bits per heavy atom. The van der Waals surface area contributed by atoms with Gasteiger partial charge in [0.2, 0.25) is 5.78 Å². The van der Waals surface area contributed by atoms with Crippen molar-refractivity contribution in [2.75, 3.05) is 0 Å². The van der Waals surface area contributed by atoms with Gasteiger partial charge in [0.1, 0.15) is 17.9 Å². The number of aromatic nitrogens is 2. The van der Waals surface area contributed by atoms with Gasteiger partial charge in [-0.3, -0.25) is 24.4 Å². The van der Waals surface area contributed by atoms with Gasteiger partial charge in [-0.25, -0.2) is 0 Å². The van der Waals surface area contributed by atoms with Crippen LogP contribution in [0.4, 0.5) is 5.69 Å². The summed E-state index contributed by atoms with van der Waals surface area (Å²) in [5.74, 6) is -1.08. The van der Waals surface area contributed by atoms with Crippen LogP contribution < -0.4 is 0 Å². The molecule has 9 heteroatoms. The van der Waals surface area contributed by atoms with Crippen LogP contribution in [-0.2, 0) is 16.1 Å². The maximum Gasteiger partial charge on any atom is 0.328 e. The number of hydrogen-bond acceptors (Lipinski definition) is 6. The minimum Gasteiger partial charge on any atom is -0.453 e. The standard InChI is InChI=1S/C16H16ClN3O5/c1-9-15(20(23)24)10(2)19(18-9)8-14(21)25-11(3)16(22)12-4-6-13(17)7-5-12/h4-7,11H,8H2,1-3H3/t11-/m0/s1. The minimum atomic E-state index is -0.999. The molecular weight excluding hydrogens is 350 g/mol. The number of aryl methyl sites for hydroxylation is 1. The summed E-state index contributed by atoms with van der Waals surface area (Å²) < 4.78 is 6.30. The number of halogens is 1. The molecule has 1 aromatic heterocycles. The monoisotopic (exact) mass is 365 g/mol. The summed E-state index contributed by atoms with van der Waals surface area (Å²) in [7, 11) is 0. The Bertz CT molecular complexity index is 829. The van der Waals surface area contributed by atoms with Gasteiger partial charge < -0.3 is 4.74 Å². The highest BCUT2D eigenvalue weighted by Crippen LogP contribution is 2.21. The maximum atomic E-state index is 12.2. The topological polar surface area (TPSA) is 104 Å². The molecule has 8 nitrogen and oxygen atoms in total. The molecule has 2 aromatic rings. The summed E-state index contributed by atoms with van der Waals surface area (Å²) in [6, 6.07) is 6.22. The third kappa shape index (κ3) is 4.21. The number of ketones is 1. The first kappa shape index (κ1) is 18.6. The number of Topliss-reactive ketones (excluding diaryl/α,β-unsaturated/α-hetero) is 1. The molecule has 0 aliphatic rings. The predicted molar refractivity (Wildman–Crippen MR) is 89.7 cm³/mol. The van der Waals surface area contributed by atoms with Crippen LogP contribution in [0.3, 0.4) is 0 Å². The molecule has 0 spiro atoms. The second-order valence-electron chi connectivity index (χ2n) is 5.44. The number of ether oxygens (including phenoxy) is 1. The lowest BCUT2D eigenvalue weighted by molar-refractivity contribution is -0.386. The van der Waals surface area contributed by atoms with Crippen molar-refractivity contribution < 1.29 is 19.2 Å². The number of nitrogens with zero attached hydrogens (tertiary/aromatic N) is 3. The molecule has 0 saturated heterocycles. The average molecular weight is 366 g/mol. The molecular formula is C16H16ClN3O5. The van der Waals surface area contributed by atoms with E-state index in [2.05, 4.69) is 5.10 Å². The summed E-state index contributed by atoms with van der Waals surface area (Å²) in [6.07, 6.45) is -0.999. The van der Waals surface area contributed by atoms with E-state index >= 15 is 0 Å². The molecule has 0 amide bonds. The fraction of sp³-hybridized carbons (Fsp3) is 0.312. The highest BCUT2D eigenvalue weighted by atomic mass is 35.5. The molecule has 0 bridgehead atoms. The Hall–Kier alpha value is -2.74. The van der Waals surface area contributed by atoms with Crippen LogP contribution in [-0.4, -0.2) is 32.6 Å². The molecule has 0 fully saturated rings. The van der Waals surface area contributed by atoms with E-state index in [0.717, 1.165) is 0 Å². The molecule has 0 radical (unpaired) electrons.